The number of aromatic nitrogens is 2. The predicted octanol–water partition coefficient (Wildman–Crippen LogP) is 2.37. The summed E-state index contributed by atoms with van der Waals surface area (Å²) in [6, 6.07) is 4.18. The van der Waals surface area contributed by atoms with Crippen molar-refractivity contribution >= 4 is 5.65 Å². The van der Waals surface area contributed by atoms with Crippen LogP contribution in [0.4, 0.5) is 0 Å². The van der Waals surface area contributed by atoms with E-state index in [2.05, 4.69) is 47.7 Å². The van der Waals surface area contributed by atoms with Crippen LogP contribution in [0.1, 0.15) is 31.0 Å². The van der Waals surface area contributed by atoms with Crippen LogP contribution in [-0.2, 0) is 16.0 Å². The molecule has 1 atom stereocenters. The first-order valence-corrected chi connectivity index (χ1v) is 8.10. The van der Waals surface area contributed by atoms with Gasteiger partial charge in [0.25, 0.3) is 0 Å². The normalized spacial score (nSPS) is 25.3. The van der Waals surface area contributed by atoms with Crippen LogP contribution in [0.25, 0.3) is 5.65 Å². The standard InChI is InChI=1S/C17H23N3O2/c1-13-3-4-16-18-15(11-20(16)9-13)10-19-7-5-17(6-8-19)21-12-14(2)22-17/h3-4,9,11,14H,5-8,10,12H2,1-2H3. The zero-order valence-electron chi connectivity index (χ0n) is 13.3. The third kappa shape index (κ3) is 2.64. The number of rotatable bonds is 2. The lowest BCUT2D eigenvalue weighted by Crippen LogP contribution is -2.45. The molecule has 1 spiro atoms. The van der Waals surface area contributed by atoms with Crippen molar-refractivity contribution < 1.29 is 9.47 Å². The highest BCUT2D eigenvalue weighted by atomic mass is 16.7. The highest BCUT2D eigenvalue weighted by molar-refractivity contribution is 5.41. The molecule has 1 unspecified atom stereocenters. The fraction of sp³-hybridized carbons (Fsp3) is 0.588. The molecule has 2 aromatic rings. The van der Waals surface area contributed by atoms with Crippen molar-refractivity contribution in [1.29, 1.82) is 0 Å². The molecule has 5 heteroatoms. The van der Waals surface area contributed by atoms with Gasteiger partial charge in [-0.15, -0.1) is 0 Å². The molecule has 4 rings (SSSR count). The molecular formula is C17H23N3O2. The van der Waals surface area contributed by atoms with Crippen molar-refractivity contribution in [2.75, 3.05) is 19.7 Å². The van der Waals surface area contributed by atoms with Crippen molar-refractivity contribution in [3.63, 3.8) is 0 Å². The van der Waals surface area contributed by atoms with Gasteiger partial charge in [-0.05, 0) is 25.5 Å². The van der Waals surface area contributed by atoms with E-state index >= 15 is 0 Å². The molecule has 0 amide bonds. The van der Waals surface area contributed by atoms with E-state index in [1.54, 1.807) is 0 Å². The summed E-state index contributed by atoms with van der Waals surface area (Å²) in [4.78, 5) is 7.15. The largest absolute Gasteiger partial charge is 0.347 e. The van der Waals surface area contributed by atoms with Crippen LogP contribution in [0, 0.1) is 6.92 Å². The Morgan fingerprint density at radius 2 is 2.09 bits per heavy atom. The summed E-state index contributed by atoms with van der Waals surface area (Å²) < 4.78 is 14.0. The van der Waals surface area contributed by atoms with Crippen LogP contribution >= 0.6 is 0 Å². The Bertz CT molecular complexity index is 674. The van der Waals surface area contributed by atoms with Gasteiger partial charge in [0.15, 0.2) is 5.79 Å². The van der Waals surface area contributed by atoms with Crippen LogP contribution in [0.2, 0.25) is 0 Å². The highest BCUT2D eigenvalue weighted by Crippen LogP contribution is 2.34. The summed E-state index contributed by atoms with van der Waals surface area (Å²) in [5, 5.41) is 0. The predicted molar refractivity (Wildman–Crippen MR) is 83.7 cm³/mol. The zero-order chi connectivity index (χ0) is 15.2. The van der Waals surface area contributed by atoms with Gasteiger partial charge in [-0.2, -0.15) is 0 Å². The number of piperidine rings is 1. The third-order valence-corrected chi connectivity index (χ3v) is 4.65. The lowest BCUT2D eigenvalue weighted by Gasteiger charge is -2.37. The second-order valence-electron chi connectivity index (χ2n) is 6.63. The molecule has 0 saturated carbocycles. The van der Waals surface area contributed by atoms with E-state index in [1.807, 2.05) is 0 Å². The first kappa shape index (κ1) is 14.2. The van der Waals surface area contributed by atoms with E-state index in [-0.39, 0.29) is 11.9 Å². The maximum Gasteiger partial charge on any atom is 0.171 e. The van der Waals surface area contributed by atoms with Crippen molar-refractivity contribution in [1.82, 2.24) is 14.3 Å². The molecule has 2 fully saturated rings. The maximum atomic E-state index is 5.98. The summed E-state index contributed by atoms with van der Waals surface area (Å²) in [7, 11) is 0. The minimum absolute atomic E-state index is 0.230. The zero-order valence-corrected chi connectivity index (χ0v) is 13.3. The van der Waals surface area contributed by atoms with Crippen LogP contribution in [0.15, 0.2) is 24.5 Å². The minimum atomic E-state index is -0.314. The second kappa shape index (κ2) is 5.33. The number of hydrogen-bond acceptors (Lipinski definition) is 4. The molecule has 2 saturated heterocycles. The molecule has 2 aromatic heterocycles. The molecule has 5 nitrogen and oxygen atoms in total. The Labute approximate surface area is 130 Å². The summed E-state index contributed by atoms with van der Waals surface area (Å²) in [6.45, 7) is 7.81. The number of pyridine rings is 1. The van der Waals surface area contributed by atoms with Gasteiger partial charge >= 0.3 is 0 Å². The van der Waals surface area contributed by atoms with E-state index in [1.165, 1.54) is 5.56 Å². The molecule has 0 N–H and O–H groups in total. The second-order valence-corrected chi connectivity index (χ2v) is 6.63. The SMILES string of the molecule is Cc1ccc2nc(CN3CCC4(CC3)OCC(C)O4)cn2c1. The van der Waals surface area contributed by atoms with Crippen molar-refractivity contribution in [2.24, 2.45) is 0 Å². The van der Waals surface area contributed by atoms with E-state index in [9.17, 15) is 0 Å². The first-order valence-electron chi connectivity index (χ1n) is 8.10. The number of nitrogens with zero attached hydrogens (tertiary/aromatic N) is 3. The average Bonchev–Trinajstić information content (AvgIpc) is 3.05. The summed E-state index contributed by atoms with van der Waals surface area (Å²) >= 11 is 0. The molecule has 118 valence electrons. The molecule has 2 aliphatic heterocycles. The van der Waals surface area contributed by atoms with Crippen LogP contribution in [0.5, 0.6) is 0 Å². The van der Waals surface area contributed by atoms with Crippen molar-refractivity contribution in [2.45, 2.75) is 45.1 Å². The van der Waals surface area contributed by atoms with Gasteiger partial charge < -0.3 is 13.9 Å². The average molecular weight is 301 g/mol. The van der Waals surface area contributed by atoms with Gasteiger partial charge in [0.2, 0.25) is 0 Å². The van der Waals surface area contributed by atoms with Gasteiger partial charge in [0, 0.05) is 44.9 Å². The Morgan fingerprint density at radius 1 is 1.27 bits per heavy atom. The Hall–Kier alpha value is -1.43. The maximum absolute atomic E-state index is 5.98. The van der Waals surface area contributed by atoms with Crippen LogP contribution in [-0.4, -0.2) is 45.9 Å². The number of imidazole rings is 1. The number of likely N-dealkylation sites (tertiary alicyclic amines) is 1. The lowest BCUT2D eigenvalue weighted by atomic mass is 10.0. The molecule has 22 heavy (non-hydrogen) atoms. The summed E-state index contributed by atoms with van der Waals surface area (Å²) in [6.07, 6.45) is 6.39. The Morgan fingerprint density at radius 3 is 2.82 bits per heavy atom. The van der Waals surface area contributed by atoms with E-state index < -0.39 is 0 Å². The fourth-order valence-corrected chi connectivity index (χ4v) is 3.48. The van der Waals surface area contributed by atoms with Crippen molar-refractivity contribution in [3.05, 3.63) is 35.8 Å². The number of ether oxygens (including phenoxy) is 2. The molecule has 4 heterocycles. The minimum Gasteiger partial charge on any atom is -0.347 e. The van der Waals surface area contributed by atoms with Crippen molar-refractivity contribution in [3.8, 4) is 0 Å². The van der Waals surface area contributed by atoms with E-state index in [0.717, 1.165) is 50.4 Å². The van der Waals surface area contributed by atoms with Crippen LogP contribution in [0.3, 0.4) is 0 Å². The monoisotopic (exact) mass is 301 g/mol. The fourth-order valence-electron chi connectivity index (χ4n) is 3.48. The topological polar surface area (TPSA) is 39.0 Å². The lowest BCUT2D eigenvalue weighted by molar-refractivity contribution is -0.194. The summed E-state index contributed by atoms with van der Waals surface area (Å²) in [5.74, 6) is -0.314. The van der Waals surface area contributed by atoms with Gasteiger partial charge in [-0.3, -0.25) is 4.90 Å². The van der Waals surface area contributed by atoms with Gasteiger partial charge in [-0.1, -0.05) is 6.07 Å². The number of hydrogen-bond donors (Lipinski definition) is 0. The van der Waals surface area contributed by atoms with E-state index in [0.29, 0.717) is 0 Å². The number of aryl methyl sites for hydroxylation is 1. The van der Waals surface area contributed by atoms with Gasteiger partial charge in [-0.25, -0.2) is 4.98 Å². The number of fused-ring (bicyclic) bond motifs is 1. The smallest absolute Gasteiger partial charge is 0.171 e. The quantitative estimate of drug-likeness (QED) is 0.853. The van der Waals surface area contributed by atoms with Gasteiger partial charge in [0.1, 0.15) is 5.65 Å². The molecule has 0 aliphatic carbocycles. The Balaban J connectivity index is 1.41. The first-order chi connectivity index (χ1) is 10.6. The molecule has 0 radical (unpaired) electrons. The highest BCUT2D eigenvalue weighted by Gasteiger charge is 2.42. The molecule has 0 bridgehead atoms. The van der Waals surface area contributed by atoms with Crippen LogP contribution < -0.4 is 0 Å². The molecular weight excluding hydrogens is 278 g/mol. The summed E-state index contributed by atoms with van der Waals surface area (Å²) in [5.41, 5.74) is 3.40. The molecule has 0 aromatic carbocycles. The third-order valence-electron chi connectivity index (χ3n) is 4.65. The van der Waals surface area contributed by atoms with E-state index in [4.69, 9.17) is 14.5 Å². The Kier molecular flexibility index (Phi) is 3.44. The van der Waals surface area contributed by atoms with Gasteiger partial charge in [0.05, 0.1) is 18.4 Å². The molecule has 2 aliphatic rings.